The molecule has 0 amide bonds. The van der Waals surface area contributed by atoms with Crippen molar-refractivity contribution >= 4 is 5.65 Å². The molecular formula is C14H20N4. The molecule has 0 radical (unpaired) electrons. The van der Waals surface area contributed by atoms with Gasteiger partial charge in [0, 0.05) is 12.6 Å². The van der Waals surface area contributed by atoms with Crippen LogP contribution in [0.3, 0.4) is 0 Å². The van der Waals surface area contributed by atoms with E-state index in [1.54, 1.807) is 0 Å². The lowest BCUT2D eigenvalue weighted by atomic mass is 9.93. The van der Waals surface area contributed by atoms with E-state index in [0.29, 0.717) is 0 Å². The summed E-state index contributed by atoms with van der Waals surface area (Å²) < 4.78 is 1.87. The highest BCUT2D eigenvalue weighted by Crippen LogP contribution is 2.20. The van der Waals surface area contributed by atoms with Crippen LogP contribution in [0.1, 0.15) is 25.6 Å². The molecule has 0 bridgehead atoms. The minimum Gasteiger partial charge on any atom is -0.304 e. The van der Waals surface area contributed by atoms with E-state index in [-0.39, 0.29) is 0 Å². The molecule has 1 aliphatic rings. The number of hydrogen-bond donors (Lipinski definition) is 0. The molecule has 0 N–H and O–H groups in total. The zero-order chi connectivity index (χ0) is 12.4. The average molecular weight is 244 g/mol. The quantitative estimate of drug-likeness (QED) is 0.828. The SMILES string of the molecule is CCN1CCC(Cc2nc3ccccn3n2)CC1. The van der Waals surface area contributed by atoms with Crippen molar-refractivity contribution in [2.45, 2.75) is 26.2 Å². The second kappa shape index (κ2) is 5.06. The standard InChI is InChI=1S/C14H20N4/c1-2-17-9-6-12(7-10-17)11-13-15-14-5-3-4-8-18(14)16-13/h3-5,8,12H,2,6-7,9-11H2,1H3. The molecule has 3 rings (SSSR count). The molecule has 2 aromatic heterocycles. The first kappa shape index (κ1) is 11.7. The second-order valence-electron chi connectivity index (χ2n) is 5.11. The van der Waals surface area contributed by atoms with Crippen molar-refractivity contribution in [2.75, 3.05) is 19.6 Å². The molecular weight excluding hydrogens is 224 g/mol. The number of pyridine rings is 1. The molecule has 4 nitrogen and oxygen atoms in total. The summed E-state index contributed by atoms with van der Waals surface area (Å²) in [5, 5.41) is 4.54. The second-order valence-corrected chi connectivity index (χ2v) is 5.11. The normalized spacial score (nSPS) is 18.5. The van der Waals surface area contributed by atoms with E-state index in [1.807, 2.05) is 28.9 Å². The third-order valence-corrected chi connectivity index (χ3v) is 3.91. The maximum Gasteiger partial charge on any atom is 0.155 e. The Hall–Kier alpha value is -1.42. The van der Waals surface area contributed by atoms with Crippen LogP contribution in [-0.2, 0) is 6.42 Å². The fourth-order valence-electron chi connectivity index (χ4n) is 2.73. The van der Waals surface area contributed by atoms with Crippen LogP contribution >= 0.6 is 0 Å². The Morgan fingerprint density at radius 2 is 2.11 bits per heavy atom. The van der Waals surface area contributed by atoms with Crippen LogP contribution in [0.4, 0.5) is 0 Å². The van der Waals surface area contributed by atoms with Gasteiger partial charge in [0.15, 0.2) is 11.5 Å². The Morgan fingerprint density at radius 1 is 1.28 bits per heavy atom. The largest absolute Gasteiger partial charge is 0.304 e. The summed E-state index contributed by atoms with van der Waals surface area (Å²) in [6.45, 7) is 5.88. The number of nitrogens with zero attached hydrogens (tertiary/aromatic N) is 4. The number of hydrogen-bond acceptors (Lipinski definition) is 3. The summed E-state index contributed by atoms with van der Waals surface area (Å²) in [6.07, 6.45) is 5.55. The fourth-order valence-corrected chi connectivity index (χ4v) is 2.73. The molecule has 0 atom stereocenters. The Morgan fingerprint density at radius 3 is 2.83 bits per heavy atom. The summed E-state index contributed by atoms with van der Waals surface area (Å²) in [5.41, 5.74) is 0.957. The highest BCUT2D eigenvalue weighted by atomic mass is 15.3. The van der Waals surface area contributed by atoms with Crippen molar-refractivity contribution in [1.29, 1.82) is 0 Å². The van der Waals surface area contributed by atoms with Gasteiger partial charge in [-0.15, -0.1) is 0 Å². The Kier molecular flexibility index (Phi) is 3.28. The first-order valence-electron chi connectivity index (χ1n) is 6.88. The Balaban J connectivity index is 1.66. The van der Waals surface area contributed by atoms with Crippen molar-refractivity contribution in [3.8, 4) is 0 Å². The Labute approximate surface area is 108 Å². The summed E-state index contributed by atoms with van der Waals surface area (Å²) in [7, 11) is 0. The molecule has 18 heavy (non-hydrogen) atoms. The maximum absolute atomic E-state index is 4.58. The van der Waals surface area contributed by atoms with Gasteiger partial charge in [-0.2, -0.15) is 5.10 Å². The smallest absolute Gasteiger partial charge is 0.155 e. The van der Waals surface area contributed by atoms with Crippen LogP contribution in [0.5, 0.6) is 0 Å². The summed E-state index contributed by atoms with van der Waals surface area (Å²) >= 11 is 0. The molecule has 0 aliphatic carbocycles. The van der Waals surface area contributed by atoms with E-state index in [1.165, 1.54) is 32.5 Å². The van der Waals surface area contributed by atoms with Gasteiger partial charge in [0.25, 0.3) is 0 Å². The predicted octanol–water partition coefficient (Wildman–Crippen LogP) is 2.00. The first-order valence-corrected chi connectivity index (χ1v) is 6.88. The zero-order valence-corrected chi connectivity index (χ0v) is 10.9. The van der Waals surface area contributed by atoms with Gasteiger partial charge < -0.3 is 4.90 Å². The lowest BCUT2D eigenvalue weighted by Crippen LogP contribution is -2.34. The zero-order valence-electron chi connectivity index (χ0n) is 10.9. The van der Waals surface area contributed by atoms with Gasteiger partial charge in [-0.05, 0) is 50.5 Å². The van der Waals surface area contributed by atoms with Gasteiger partial charge in [0.2, 0.25) is 0 Å². The number of likely N-dealkylation sites (tertiary alicyclic amines) is 1. The molecule has 0 unspecified atom stereocenters. The lowest BCUT2D eigenvalue weighted by molar-refractivity contribution is 0.191. The minimum absolute atomic E-state index is 0.755. The predicted molar refractivity (Wildman–Crippen MR) is 71.5 cm³/mol. The summed E-state index contributed by atoms with van der Waals surface area (Å²) in [4.78, 5) is 7.11. The van der Waals surface area contributed by atoms with E-state index in [2.05, 4.69) is 21.9 Å². The van der Waals surface area contributed by atoms with E-state index in [4.69, 9.17) is 0 Å². The highest BCUT2D eigenvalue weighted by Gasteiger charge is 2.19. The molecule has 0 aromatic carbocycles. The molecule has 1 aliphatic heterocycles. The van der Waals surface area contributed by atoms with Gasteiger partial charge in [-0.25, -0.2) is 9.50 Å². The number of aromatic nitrogens is 3. The molecule has 96 valence electrons. The van der Waals surface area contributed by atoms with Crippen molar-refractivity contribution < 1.29 is 0 Å². The third-order valence-electron chi connectivity index (χ3n) is 3.91. The fraction of sp³-hybridized carbons (Fsp3) is 0.571. The highest BCUT2D eigenvalue weighted by molar-refractivity contribution is 5.36. The van der Waals surface area contributed by atoms with Crippen LogP contribution in [0.2, 0.25) is 0 Å². The molecule has 3 heterocycles. The monoisotopic (exact) mass is 244 g/mol. The third kappa shape index (κ3) is 2.38. The van der Waals surface area contributed by atoms with Gasteiger partial charge in [0.1, 0.15) is 0 Å². The van der Waals surface area contributed by atoms with Crippen molar-refractivity contribution in [3.63, 3.8) is 0 Å². The van der Waals surface area contributed by atoms with Crippen LogP contribution in [-0.4, -0.2) is 39.1 Å². The average Bonchev–Trinajstić information content (AvgIpc) is 2.82. The number of piperidine rings is 1. The van der Waals surface area contributed by atoms with Gasteiger partial charge in [-0.1, -0.05) is 13.0 Å². The van der Waals surface area contributed by atoms with E-state index >= 15 is 0 Å². The number of rotatable bonds is 3. The molecule has 2 aromatic rings. The van der Waals surface area contributed by atoms with Gasteiger partial charge in [-0.3, -0.25) is 0 Å². The van der Waals surface area contributed by atoms with E-state index < -0.39 is 0 Å². The summed E-state index contributed by atoms with van der Waals surface area (Å²) in [5.74, 6) is 1.75. The summed E-state index contributed by atoms with van der Waals surface area (Å²) in [6, 6.07) is 6.01. The van der Waals surface area contributed by atoms with Crippen molar-refractivity contribution in [1.82, 2.24) is 19.5 Å². The van der Waals surface area contributed by atoms with Gasteiger partial charge >= 0.3 is 0 Å². The van der Waals surface area contributed by atoms with E-state index in [0.717, 1.165) is 23.8 Å². The van der Waals surface area contributed by atoms with Crippen molar-refractivity contribution in [3.05, 3.63) is 30.2 Å². The molecule has 4 heteroatoms. The van der Waals surface area contributed by atoms with Crippen LogP contribution in [0, 0.1) is 5.92 Å². The van der Waals surface area contributed by atoms with Crippen LogP contribution in [0.25, 0.3) is 5.65 Å². The maximum atomic E-state index is 4.58. The topological polar surface area (TPSA) is 33.4 Å². The van der Waals surface area contributed by atoms with E-state index in [9.17, 15) is 0 Å². The van der Waals surface area contributed by atoms with Crippen LogP contribution in [0.15, 0.2) is 24.4 Å². The van der Waals surface area contributed by atoms with Gasteiger partial charge in [0.05, 0.1) is 0 Å². The van der Waals surface area contributed by atoms with Crippen molar-refractivity contribution in [2.24, 2.45) is 5.92 Å². The molecule has 1 saturated heterocycles. The van der Waals surface area contributed by atoms with Crippen LogP contribution < -0.4 is 0 Å². The Bertz CT molecular complexity index is 478. The first-order chi connectivity index (χ1) is 8.85. The molecule has 0 spiro atoms. The minimum atomic E-state index is 0.755. The lowest BCUT2D eigenvalue weighted by Gasteiger charge is -2.30. The molecule has 0 saturated carbocycles. The molecule has 1 fully saturated rings. The number of fused-ring (bicyclic) bond motifs is 1.